The van der Waals surface area contributed by atoms with Gasteiger partial charge in [-0.1, -0.05) is 23.2 Å². The number of ether oxygens (including phenoxy) is 1. The fourth-order valence-electron chi connectivity index (χ4n) is 2.71. The SMILES string of the molecule is O=C(NCC(c1ccco1)N1CCOCC1)c1ccc(Cl)c(Cl)c1. The molecule has 128 valence electrons. The third-order valence-corrected chi connectivity index (χ3v) is 4.73. The number of hydrogen-bond acceptors (Lipinski definition) is 4. The number of amides is 1. The first kappa shape index (κ1) is 17.3. The molecule has 0 aliphatic carbocycles. The van der Waals surface area contributed by atoms with Gasteiger partial charge in [-0.2, -0.15) is 0 Å². The Morgan fingerprint density at radius 2 is 2.00 bits per heavy atom. The van der Waals surface area contributed by atoms with Crippen LogP contribution < -0.4 is 5.32 Å². The molecule has 1 aliphatic rings. The van der Waals surface area contributed by atoms with Gasteiger partial charge in [-0.15, -0.1) is 0 Å². The molecule has 1 saturated heterocycles. The van der Waals surface area contributed by atoms with E-state index in [1.54, 1.807) is 24.5 Å². The number of morpholine rings is 1. The van der Waals surface area contributed by atoms with Gasteiger partial charge in [0, 0.05) is 25.2 Å². The molecule has 1 atom stereocenters. The summed E-state index contributed by atoms with van der Waals surface area (Å²) in [6.07, 6.45) is 1.64. The van der Waals surface area contributed by atoms with Crippen LogP contribution in [0.5, 0.6) is 0 Å². The first-order valence-corrected chi connectivity index (χ1v) is 8.49. The van der Waals surface area contributed by atoms with Crippen LogP contribution in [0.3, 0.4) is 0 Å². The van der Waals surface area contributed by atoms with Gasteiger partial charge in [-0.25, -0.2) is 0 Å². The Hall–Kier alpha value is -1.53. The van der Waals surface area contributed by atoms with Crippen LogP contribution in [0.15, 0.2) is 41.0 Å². The molecule has 5 nitrogen and oxygen atoms in total. The van der Waals surface area contributed by atoms with Gasteiger partial charge in [-0.3, -0.25) is 9.69 Å². The van der Waals surface area contributed by atoms with Crippen LogP contribution in [0.25, 0.3) is 0 Å². The highest BCUT2D eigenvalue weighted by Crippen LogP contribution is 2.24. The summed E-state index contributed by atoms with van der Waals surface area (Å²) in [5.74, 6) is 0.629. The molecule has 1 unspecified atom stereocenters. The Labute approximate surface area is 150 Å². The van der Waals surface area contributed by atoms with E-state index in [1.807, 2.05) is 12.1 Å². The normalized spacial score (nSPS) is 16.8. The number of carbonyl (C=O) groups excluding carboxylic acids is 1. The van der Waals surface area contributed by atoms with E-state index in [9.17, 15) is 4.79 Å². The molecule has 0 bridgehead atoms. The van der Waals surface area contributed by atoms with Crippen LogP contribution in [0.1, 0.15) is 22.2 Å². The number of rotatable bonds is 5. The average molecular weight is 369 g/mol. The van der Waals surface area contributed by atoms with Gasteiger partial charge in [0.05, 0.1) is 35.6 Å². The number of furan rings is 1. The van der Waals surface area contributed by atoms with Crippen molar-refractivity contribution in [3.05, 3.63) is 58.0 Å². The van der Waals surface area contributed by atoms with Gasteiger partial charge in [0.15, 0.2) is 0 Å². The van der Waals surface area contributed by atoms with E-state index >= 15 is 0 Å². The number of benzene rings is 1. The van der Waals surface area contributed by atoms with Crippen LogP contribution in [0, 0.1) is 0 Å². The molecule has 24 heavy (non-hydrogen) atoms. The summed E-state index contributed by atoms with van der Waals surface area (Å²) >= 11 is 11.9. The van der Waals surface area contributed by atoms with E-state index in [0.29, 0.717) is 35.4 Å². The lowest BCUT2D eigenvalue weighted by Gasteiger charge is -2.33. The van der Waals surface area contributed by atoms with Crippen LogP contribution >= 0.6 is 23.2 Å². The Bertz CT molecular complexity index is 685. The third-order valence-electron chi connectivity index (χ3n) is 4.00. The highest BCUT2D eigenvalue weighted by molar-refractivity contribution is 6.42. The second kappa shape index (κ2) is 8.03. The summed E-state index contributed by atoms with van der Waals surface area (Å²) in [5, 5.41) is 3.74. The number of halogens is 2. The van der Waals surface area contributed by atoms with E-state index in [4.69, 9.17) is 32.4 Å². The van der Waals surface area contributed by atoms with Crippen LogP contribution in [-0.2, 0) is 4.74 Å². The van der Waals surface area contributed by atoms with Gasteiger partial charge in [0.2, 0.25) is 0 Å². The molecule has 1 amide bonds. The molecule has 2 aromatic rings. The van der Waals surface area contributed by atoms with Gasteiger partial charge >= 0.3 is 0 Å². The van der Waals surface area contributed by atoms with E-state index in [0.717, 1.165) is 18.8 Å². The maximum Gasteiger partial charge on any atom is 0.251 e. The highest BCUT2D eigenvalue weighted by Gasteiger charge is 2.25. The number of hydrogen-bond donors (Lipinski definition) is 1. The first-order valence-electron chi connectivity index (χ1n) is 7.73. The lowest BCUT2D eigenvalue weighted by atomic mass is 10.1. The molecule has 1 N–H and O–H groups in total. The quantitative estimate of drug-likeness (QED) is 0.878. The monoisotopic (exact) mass is 368 g/mol. The fourth-order valence-corrected chi connectivity index (χ4v) is 3.01. The van der Waals surface area contributed by atoms with E-state index < -0.39 is 0 Å². The number of nitrogens with zero attached hydrogens (tertiary/aromatic N) is 1. The predicted octanol–water partition coefficient (Wildman–Crippen LogP) is 3.39. The zero-order chi connectivity index (χ0) is 16.9. The van der Waals surface area contributed by atoms with Crippen LogP contribution in [-0.4, -0.2) is 43.7 Å². The van der Waals surface area contributed by atoms with Crippen molar-refractivity contribution in [3.63, 3.8) is 0 Å². The molecule has 0 saturated carbocycles. The van der Waals surface area contributed by atoms with Crippen molar-refractivity contribution in [2.45, 2.75) is 6.04 Å². The second-order valence-electron chi connectivity index (χ2n) is 5.52. The Kier molecular flexibility index (Phi) is 5.79. The number of nitrogens with one attached hydrogen (secondary N) is 1. The summed E-state index contributed by atoms with van der Waals surface area (Å²) in [5.41, 5.74) is 0.476. The van der Waals surface area contributed by atoms with E-state index in [2.05, 4.69) is 10.2 Å². The van der Waals surface area contributed by atoms with Crippen molar-refractivity contribution in [3.8, 4) is 0 Å². The molecule has 3 rings (SSSR count). The zero-order valence-electron chi connectivity index (χ0n) is 13.0. The molecular formula is C17H18Cl2N2O3. The Morgan fingerprint density at radius 3 is 2.67 bits per heavy atom. The summed E-state index contributed by atoms with van der Waals surface area (Å²) in [4.78, 5) is 14.6. The number of carbonyl (C=O) groups is 1. The first-order chi connectivity index (χ1) is 11.6. The second-order valence-corrected chi connectivity index (χ2v) is 6.33. The topological polar surface area (TPSA) is 54.7 Å². The van der Waals surface area contributed by atoms with Crippen molar-refractivity contribution in [1.29, 1.82) is 0 Å². The van der Waals surface area contributed by atoms with Crippen molar-refractivity contribution in [1.82, 2.24) is 10.2 Å². The lowest BCUT2D eigenvalue weighted by molar-refractivity contribution is 0.0118. The van der Waals surface area contributed by atoms with Crippen molar-refractivity contribution < 1.29 is 13.9 Å². The molecule has 7 heteroatoms. The van der Waals surface area contributed by atoms with Crippen molar-refractivity contribution >= 4 is 29.1 Å². The summed E-state index contributed by atoms with van der Waals surface area (Å²) in [6, 6.07) is 8.58. The maximum atomic E-state index is 12.4. The van der Waals surface area contributed by atoms with Crippen LogP contribution in [0.2, 0.25) is 10.0 Å². The third kappa shape index (κ3) is 4.11. The van der Waals surface area contributed by atoms with Crippen molar-refractivity contribution in [2.24, 2.45) is 0 Å². The van der Waals surface area contributed by atoms with Gasteiger partial charge in [-0.05, 0) is 30.3 Å². The molecule has 0 spiro atoms. The van der Waals surface area contributed by atoms with Gasteiger partial charge < -0.3 is 14.5 Å². The highest BCUT2D eigenvalue weighted by atomic mass is 35.5. The molecule has 1 aromatic heterocycles. The summed E-state index contributed by atoms with van der Waals surface area (Å²) in [6.45, 7) is 3.39. The summed E-state index contributed by atoms with van der Waals surface area (Å²) < 4.78 is 10.9. The smallest absolute Gasteiger partial charge is 0.251 e. The minimum absolute atomic E-state index is 0.0318. The van der Waals surface area contributed by atoms with Gasteiger partial charge in [0.25, 0.3) is 5.91 Å². The Morgan fingerprint density at radius 1 is 1.21 bits per heavy atom. The molecule has 2 heterocycles. The van der Waals surface area contributed by atoms with Crippen molar-refractivity contribution in [2.75, 3.05) is 32.8 Å². The Balaban J connectivity index is 1.68. The zero-order valence-corrected chi connectivity index (χ0v) is 14.5. The lowest BCUT2D eigenvalue weighted by Crippen LogP contribution is -2.43. The molecule has 1 aliphatic heterocycles. The standard InChI is InChI=1S/C17H18Cl2N2O3/c18-13-4-3-12(10-14(13)19)17(22)20-11-15(16-2-1-7-24-16)21-5-8-23-9-6-21/h1-4,7,10,15H,5-6,8-9,11H2,(H,20,22). The predicted molar refractivity (Wildman–Crippen MR) is 92.6 cm³/mol. The minimum Gasteiger partial charge on any atom is -0.468 e. The van der Waals surface area contributed by atoms with E-state index in [1.165, 1.54) is 0 Å². The molecule has 0 radical (unpaired) electrons. The van der Waals surface area contributed by atoms with Gasteiger partial charge in [0.1, 0.15) is 5.76 Å². The largest absolute Gasteiger partial charge is 0.468 e. The summed E-state index contributed by atoms with van der Waals surface area (Å²) in [7, 11) is 0. The maximum absolute atomic E-state index is 12.4. The average Bonchev–Trinajstić information content (AvgIpc) is 3.12. The fraction of sp³-hybridized carbons (Fsp3) is 0.353. The minimum atomic E-state index is -0.196. The van der Waals surface area contributed by atoms with Crippen LogP contribution in [0.4, 0.5) is 0 Å². The van der Waals surface area contributed by atoms with E-state index in [-0.39, 0.29) is 11.9 Å². The molecular weight excluding hydrogens is 351 g/mol. The molecule has 1 aromatic carbocycles. The molecule has 1 fully saturated rings.